The van der Waals surface area contributed by atoms with Crippen LogP contribution in [0.1, 0.15) is 28.4 Å². The van der Waals surface area contributed by atoms with E-state index in [4.69, 9.17) is 4.74 Å². The number of ether oxygens (including phenoxy) is 1. The Labute approximate surface area is 192 Å². The molecule has 0 unspecified atom stereocenters. The molecule has 0 aliphatic carbocycles. The molecule has 0 N–H and O–H groups in total. The largest absolute Gasteiger partial charge is 0.493 e. The molecule has 8 heteroatoms. The molecule has 4 heterocycles. The van der Waals surface area contributed by atoms with E-state index in [-0.39, 0.29) is 11.8 Å². The molecule has 0 saturated carbocycles. The molecule has 0 bridgehead atoms. The minimum absolute atomic E-state index is 0.0644. The first-order valence-electron chi connectivity index (χ1n) is 11.0. The predicted molar refractivity (Wildman–Crippen MR) is 127 cm³/mol. The fourth-order valence-electron chi connectivity index (χ4n) is 4.42. The number of likely N-dealkylation sites (N-methyl/N-ethyl adjacent to an activating group) is 1. The number of hydrogen-bond acceptors (Lipinski definition) is 6. The molecule has 3 aromatic rings. The molecule has 2 aromatic heterocycles. The molecule has 8 nitrogen and oxygen atoms in total. The fraction of sp³-hybridized carbons (Fsp3) is 0.280. The van der Waals surface area contributed by atoms with Gasteiger partial charge in [0.2, 0.25) is 5.91 Å². The van der Waals surface area contributed by atoms with Crippen molar-refractivity contribution in [3.05, 3.63) is 65.5 Å². The maximum atomic E-state index is 13.3. The van der Waals surface area contributed by atoms with Crippen LogP contribution in [0.4, 0.5) is 23.0 Å². The van der Waals surface area contributed by atoms with Gasteiger partial charge in [-0.05, 0) is 42.8 Å². The van der Waals surface area contributed by atoms with Gasteiger partial charge in [-0.25, -0.2) is 9.97 Å². The topological polar surface area (TPSA) is 78.9 Å². The van der Waals surface area contributed by atoms with Gasteiger partial charge < -0.3 is 19.4 Å². The summed E-state index contributed by atoms with van der Waals surface area (Å²) in [6, 6.07) is 11.3. The molecular formula is C25H25N5O3. The van der Waals surface area contributed by atoms with Crippen molar-refractivity contribution in [2.24, 2.45) is 0 Å². The van der Waals surface area contributed by atoms with Gasteiger partial charge in [0.1, 0.15) is 11.6 Å². The Morgan fingerprint density at radius 3 is 2.64 bits per heavy atom. The highest BCUT2D eigenvalue weighted by Crippen LogP contribution is 2.38. The standard InChI is InChI=1S/C25H25N5O3/c1-4-30-23-18(25(32)29(3)20-8-6-11-26-24(20)30)13-16(15-27-23)10-12-33-21-9-5-7-19-17(21)14-22(31)28(19)2/h5-9,11,13,15H,4,10,12,14H2,1-3H3. The van der Waals surface area contributed by atoms with Crippen molar-refractivity contribution in [3.63, 3.8) is 0 Å². The van der Waals surface area contributed by atoms with Crippen LogP contribution >= 0.6 is 0 Å². The number of amides is 2. The molecule has 33 heavy (non-hydrogen) atoms. The minimum Gasteiger partial charge on any atom is -0.493 e. The highest BCUT2D eigenvalue weighted by Gasteiger charge is 2.30. The van der Waals surface area contributed by atoms with Gasteiger partial charge in [0.25, 0.3) is 5.91 Å². The lowest BCUT2D eigenvalue weighted by molar-refractivity contribution is -0.117. The van der Waals surface area contributed by atoms with Crippen LogP contribution in [0.3, 0.4) is 0 Å². The Morgan fingerprint density at radius 1 is 1.00 bits per heavy atom. The predicted octanol–water partition coefficient (Wildman–Crippen LogP) is 3.37. The lowest BCUT2D eigenvalue weighted by Gasteiger charge is -2.22. The number of anilines is 4. The Bertz CT molecular complexity index is 1260. The van der Waals surface area contributed by atoms with Crippen LogP contribution in [0, 0.1) is 0 Å². The molecule has 2 aliphatic rings. The van der Waals surface area contributed by atoms with E-state index in [0.29, 0.717) is 37.4 Å². The number of nitrogens with zero attached hydrogens (tertiary/aromatic N) is 5. The van der Waals surface area contributed by atoms with E-state index < -0.39 is 0 Å². The summed E-state index contributed by atoms with van der Waals surface area (Å²) >= 11 is 0. The van der Waals surface area contributed by atoms with Crippen molar-refractivity contribution in [1.82, 2.24) is 9.97 Å². The average Bonchev–Trinajstić information content (AvgIpc) is 3.09. The van der Waals surface area contributed by atoms with E-state index in [1.807, 2.05) is 48.2 Å². The molecule has 0 radical (unpaired) electrons. The SMILES string of the molecule is CCN1c2ncc(CCOc3cccc4c3CC(=O)N4C)cc2C(=O)N(C)c2cccnc21. The summed E-state index contributed by atoms with van der Waals surface area (Å²) in [7, 11) is 3.54. The lowest BCUT2D eigenvalue weighted by atomic mass is 10.1. The maximum absolute atomic E-state index is 13.3. The molecule has 0 fully saturated rings. The van der Waals surface area contributed by atoms with Crippen molar-refractivity contribution >= 4 is 34.8 Å². The second-order valence-electron chi connectivity index (χ2n) is 8.15. The molecule has 1 aromatic carbocycles. The first-order chi connectivity index (χ1) is 16.0. The molecular weight excluding hydrogens is 418 g/mol. The van der Waals surface area contributed by atoms with E-state index in [0.717, 1.165) is 34.1 Å². The van der Waals surface area contributed by atoms with E-state index in [2.05, 4.69) is 9.97 Å². The Kier molecular flexibility index (Phi) is 5.20. The summed E-state index contributed by atoms with van der Waals surface area (Å²) in [5.74, 6) is 2.00. The van der Waals surface area contributed by atoms with Gasteiger partial charge in [0.15, 0.2) is 5.82 Å². The number of rotatable bonds is 5. The highest BCUT2D eigenvalue weighted by atomic mass is 16.5. The van der Waals surface area contributed by atoms with Crippen molar-refractivity contribution in [2.45, 2.75) is 19.8 Å². The van der Waals surface area contributed by atoms with E-state index in [9.17, 15) is 9.59 Å². The van der Waals surface area contributed by atoms with E-state index in [1.54, 1.807) is 36.3 Å². The number of carbonyl (C=O) groups excluding carboxylic acids is 2. The molecule has 5 rings (SSSR count). The normalized spacial score (nSPS) is 14.7. The van der Waals surface area contributed by atoms with Crippen molar-refractivity contribution in [2.75, 3.05) is 41.9 Å². The Hall–Kier alpha value is -3.94. The summed E-state index contributed by atoms with van der Waals surface area (Å²) < 4.78 is 6.04. The Morgan fingerprint density at radius 2 is 1.82 bits per heavy atom. The van der Waals surface area contributed by atoms with Crippen molar-refractivity contribution in [1.29, 1.82) is 0 Å². The van der Waals surface area contributed by atoms with Crippen molar-refractivity contribution < 1.29 is 14.3 Å². The monoisotopic (exact) mass is 443 g/mol. The maximum Gasteiger partial charge on any atom is 0.261 e. The number of carbonyl (C=O) groups is 2. The molecule has 0 spiro atoms. The third-order valence-corrected chi connectivity index (χ3v) is 6.23. The minimum atomic E-state index is -0.118. The van der Waals surface area contributed by atoms with Gasteiger partial charge in [-0.2, -0.15) is 0 Å². The van der Waals surface area contributed by atoms with Gasteiger partial charge in [-0.15, -0.1) is 0 Å². The third kappa shape index (κ3) is 3.47. The van der Waals surface area contributed by atoms with Gasteiger partial charge >= 0.3 is 0 Å². The van der Waals surface area contributed by atoms with Gasteiger partial charge in [-0.1, -0.05) is 6.07 Å². The number of aromatic nitrogens is 2. The van der Waals surface area contributed by atoms with Crippen molar-refractivity contribution in [3.8, 4) is 5.75 Å². The van der Waals surface area contributed by atoms with E-state index >= 15 is 0 Å². The highest BCUT2D eigenvalue weighted by molar-refractivity contribution is 6.12. The van der Waals surface area contributed by atoms with Gasteiger partial charge in [0.05, 0.1) is 30.0 Å². The Balaban J connectivity index is 1.38. The number of fused-ring (bicyclic) bond motifs is 3. The zero-order valence-corrected chi connectivity index (χ0v) is 18.9. The molecule has 168 valence electrons. The zero-order chi connectivity index (χ0) is 23.1. The van der Waals surface area contributed by atoms with Crippen LogP contribution < -0.4 is 19.4 Å². The summed E-state index contributed by atoms with van der Waals surface area (Å²) in [5, 5.41) is 0. The molecule has 2 amide bonds. The van der Waals surface area contributed by atoms with Gasteiger partial charge in [-0.3, -0.25) is 9.59 Å². The van der Waals surface area contributed by atoms with Crippen LogP contribution in [-0.4, -0.2) is 49.0 Å². The fourth-order valence-corrected chi connectivity index (χ4v) is 4.42. The molecule has 0 saturated heterocycles. The summed E-state index contributed by atoms with van der Waals surface area (Å²) in [6.45, 7) is 3.07. The number of pyridine rings is 2. The first-order valence-corrected chi connectivity index (χ1v) is 11.0. The average molecular weight is 444 g/mol. The van der Waals surface area contributed by atoms with Crippen LogP contribution in [0.5, 0.6) is 5.75 Å². The molecule has 0 atom stereocenters. The summed E-state index contributed by atoms with van der Waals surface area (Å²) in [4.78, 5) is 39.7. The molecule has 2 aliphatic heterocycles. The lowest BCUT2D eigenvalue weighted by Crippen LogP contribution is -2.25. The van der Waals surface area contributed by atoms with Gasteiger partial charge in [0, 0.05) is 45.0 Å². The summed E-state index contributed by atoms with van der Waals surface area (Å²) in [5.41, 5.74) is 4.02. The number of benzene rings is 1. The summed E-state index contributed by atoms with van der Waals surface area (Å²) in [6.07, 6.45) is 4.45. The quantitative estimate of drug-likeness (QED) is 0.602. The van der Waals surface area contributed by atoms with Crippen LogP contribution in [0.2, 0.25) is 0 Å². The second-order valence-corrected chi connectivity index (χ2v) is 8.15. The number of hydrogen-bond donors (Lipinski definition) is 0. The van der Waals surface area contributed by atoms with Crippen LogP contribution in [-0.2, 0) is 17.6 Å². The van der Waals surface area contributed by atoms with E-state index in [1.165, 1.54) is 0 Å². The zero-order valence-electron chi connectivity index (χ0n) is 18.9. The smallest absolute Gasteiger partial charge is 0.261 e. The third-order valence-electron chi connectivity index (χ3n) is 6.23. The van der Waals surface area contributed by atoms with Crippen LogP contribution in [0.15, 0.2) is 48.8 Å². The van der Waals surface area contributed by atoms with Crippen LogP contribution in [0.25, 0.3) is 0 Å². The first kappa shape index (κ1) is 20.9. The second kappa shape index (κ2) is 8.20.